The maximum atomic E-state index is 2.28. The fourth-order valence-electron chi connectivity index (χ4n) is 10.8. The molecule has 0 amide bonds. The molecule has 478 valence electrons. The highest BCUT2D eigenvalue weighted by Crippen LogP contribution is 2.42. The van der Waals surface area contributed by atoms with Crippen molar-refractivity contribution in [1.29, 1.82) is 0 Å². The van der Waals surface area contributed by atoms with Crippen LogP contribution in [0.5, 0.6) is 0 Å². The highest BCUT2D eigenvalue weighted by molar-refractivity contribution is 5.93. The zero-order valence-corrected chi connectivity index (χ0v) is 60.6. The average molecular weight is 1220 g/mol. The zero-order valence-electron chi connectivity index (χ0n) is 60.6. The summed E-state index contributed by atoms with van der Waals surface area (Å²) in [6.07, 6.45) is 7.48. The summed E-state index contributed by atoms with van der Waals surface area (Å²) in [5.74, 6) is 0. The fourth-order valence-corrected chi connectivity index (χ4v) is 10.8. The summed E-state index contributed by atoms with van der Waals surface area (Å²) in [4.78, 5) is 0. The summed E-state index contributed by atoms with van der Waals surface area (Å²) in [5, 5.41) is 6.43. The van der Waals surface area contributed by atoms with Crippen molar-refractivity contribution < 1.29 is 18.3 Å². The Morgan fingerprint density at radius 3 is 1.32 bits per heavy atom. The average Bonchev–Trinajstić information content (AvgIpc) is 1.81. The van der Waals surface area contributed by atoms with Gasteiger partial charge in [0, 0.05) is 63.9 Å². The van der Waals surface area contributed by atoms with Gasteiger partial charge in [0.1, 0.15) is 28.2 Å². The van der Waals surface area contributed by atoms with Crippen molar-refractivity contribution in [2.45, 2.75) is 145 Å². The molecule has 0 bridgehead atoms. The van der Waals surface area contributed by atoms with Gasteiger partial charge < -0.3 is 0 Å². The molecule has 4 aromatic heterocycles. The molecule has 4 heteroatoms. The van der Waals surface area contributed by atoms with Crippen LogP contribution in [-0.2, 0) is 34.6 Å². The lowest BCUT2D eigenvalue weighted by molar-refractivity contribution is -0.660. The molecule has 0 N–H and O–H groups in total. The minimum absolute atomic E-state index is 1.04. The van der Waals surface area contributed by atoms with E-state index < -0.39 is 0 Å². The van der Waals surface area contributed by atoms with E-state index in [0.717, 1.165) is 6.42 Å². The SMILES string of the molecule is CC.CC.CC.CC.CC.CC.CC.CC.Cc1ccc2c(c1-c1cccc[n+]1C)Cc1ccccc1-2.Cc1ccccc1-c1c2ccccc2cc[n+]1C.Cc1ccccc1-c1cc2ccccc2c[n+]1C.Cc1ccccc1-c1ccc2ccccc2[n+]1C. The van der Waals surface area contributed by atoms with Gasteiger partial charge in [0.05, 0.1) is 10.9 Å². The van der Waals surface area contributed by atoms with Crippen molar-refractivity contribution in [3.05, 3.63) is 276 Å². The van der Waals surface area contributed by atoms with Gasteiger partial charge in [-0.25, -0.2) is 13.7 Å². The van der Waals surface area contributed by atoms with E-state index in [4.69, 9.17) is 0 Å². The molecule has 1 aliphatic rings. The van der Waals surface area contributed by atoms with Gasteiger partial charge in [-0.2, -0.15) is 4.57 Å². The summed E-state index contributed by atoms with van der Waals surface area (Å²) < 4.78 is 8.87. The lowest BCUT2D eigenvalue weighted by Gasteiger charge is -2.10. The number of hydrogen-bond acceptors (Lipinski definition) is 0. The Morgan fingerprint density at radius 1 is 0.286 bits per heavy atom. The number of rotatable bonds is 4. The van der Waals surface area contributed by atoms with Gasteiger partial charge in [0.25, 0.3) is 0 Å². The van der Waals surface area contributed by atoms with Crippen LogP contribution in [0.3, 0.4) is 0 Å². The van der Waals surface area contributed by atoms with Crippen LogP contribution in [0, 0.1) is 27.7 Å². The molecule has 0 spiro atoms. The van der Waals surface area contributed by atoms with Crippen LogP contribution in [-0.4, -0.2) is 0 Å². The Kier molecular flexibility index (Phi) is 36.9. The third kappa shape index (κ3) is 20.3. The van der Waals surface area contributed by atoms with Crippen molar-refractivity contribution in [2.75, 3.05) is 0 Å². The Balaban J connectivity index is 0.000000385. The predicted octanol–water partition coefficient (Wildman–Crippen LogP) is 23.2. The second kappa shape index (κ2) is 43.0. The topological polar surface area (TPSA) is 15.5 Å². The van der Waals surface area contributed by atoms with Gasteiger partial charge in [-0.15, -0.1) is 0 Å². The molecule has 0 unspecified atom stereocenters. The monoisotopic (exact) mass is 1210 g/mol. The van der Waals surface area contributed by atoms with Crippen LogP contribution in [0.4, 0.5) is 0 Å². The van der Waals surface area contributed by atoms with Crippen LogP contribution in [0.25, 0.3) is 88.6 Å². The number of benzene rings is 8. The van der Waals surface area contributed by atoms with E-state index in [2.05, 4.69) is 317 Å². The molecule has 0 aliphatic heterocycles. The number of aryl methyl sites for hydroxylation is 8. The normalized spacial score (nSPS) is 9.71. The van der Waals surface area contributed by atoms with Crippen LogP contribution in [0.15, 0.2) is 243 Å². The molecule has 4 heterocycles. The van der Waals surface area contributed by atoms with Crippen LogP contribution >= 0.6 is 0 Å². The van der Waals surface area contributed by atoms with Crippen molar-refractivity contribution >= 4 is 32.4 Å². The lowest BCUT2D eigenvalue weighted by Crippen LogP contribution is -2.32. The molecule has 1 aliphatic carbocycles. The highest BCUT2D eigenvalue weighted by atomic mass is 14.9. The molecular formula is C87H114N4+4. The first-order valence-corrected chi connectivity index (χ1v) is 34.0. The number of aromatic nitrogens is 4. The first kappa shape index (κ1) is 78.2. The Bertz CT molecular complexity index is 3980. The van der Waals surface area contributed by atoms with Crippen molar-refractivity contribution in [3.63, 3.8) is 0 Å². The summed E-state index contributed by atoms with van der Waals surface area (Å²) in [6.45, 7) is 40.7. The van der Waals surface area contributed by atoms with Gasteiger partial charge in [0.15, 0.2) is 18.6 Å². The van der Waals surface area contributed by atoms with Gasteiger partial charge in [-0.1, -0.05) is 250 Å². The molecule has 8 aromatic carbocycles. The molecule has 91 heavy (non-hydrogen) atoms. The number of pyridine rings is 4. The van der Waals surface area contributed by atoms with E-state index >= 15 is 0 Å². The molecule has 13 rings (SSSR count). The third-order valence-electron chi connectivity index (χ3n) is 14.9. The maximum absolute atomic E-state index is 2.28. The van der Waals surface area contributed by atoms with E-state index in [1.165, 1.54) is 122 Å². The number of fused-ring (bicyclic) bond motifs is 6. The standard InChI is InChI=1S/C20H18N.3C17H16N.8C2H6/c1-14-10-11-17-16-8-4-3-7-15(16)13-18(17)20(14)19-9-5-6-12-21(19)2;1-13-7-3-6-10-16(13)17-11-14-8-4-5-9-15(14)12-18(17)2;1-13-7-3-5-9-15(13)17-16-10-6-4-8-14(16)11-12-18(17)2;1-13-7-3-5-9-15(13)17-12-11-14-8-4-6-10-16(14)18(17)2;8*1-2/h3-12H,13H2,1-2H3;3*3-12H,1-2H3;8*1-2H3/q4*+1;;;;;;;;. The van der Waals surface area contributed by atoms with Gasteiger partial charge >= 0.3 is 0 Å². The number of nitrogens with zero attached hydrogens (tertiary/aromatic N) is 4. The minimum atomic E-state index is 1.04. The molecular weight excluding hydrogens is 1100 g/mol. The summed E-state index contributed by atoms with van der Waals surface area (Å²) in [5.41, 5.74) is 22.6. The summed E-state index contributed by atoms with van der Waals surface area (Å²) in [6, 6.07) is 79.6. The molecule has 0 radical (unpaired) electrons. The van der Waals surface area contributed by atoms with Crippen LogP contribution in [0.1, 0.15) is 144 Å². The molecule has 0 saturated carbocycles. The van der Waals surface area contributed by atoms with Crippen LogP contribution in [0.2, 0.25) is 0 Å². The Labute approximate surface area is 553 Å². The number of hydrogen-bond donors (Lipinski definition) is 0. The summed E-state index contributed by atoms with van der Waals surface area (Å²) >= 11 is 0. The Hall–Kier alpha value is -8.86. The highest BCUT2D eigenvalue weighted by Gasteiger charge is 2.26. The van der Waals surface area contributed by atoms with Crippen LogP contribution < -0.4 is 18.3 Å². The van der Waals surface area contributed by atoms with Gasteiger partial charge in [0.2, 0.25) is 28.3 Å². The Morgan fingerprint density at radius 2 is 0.747 bits per heavy atom. The maximum Gasteiger partial charge on any atom is 0.220 e. The van der Waals surface area contributed by atoms with E-state index in [-0.39, 0.29) is 0 Å². The lowest BCUT2D eigenvalue weighted by atomic mass is 9.94. The van der Waals surface area contributed by atoms with E-state index in [1.807, 2.05) is 111 Å². The molecule has 0 saturated heterocycles. The first-order valence-electron chi connectivity index (χ1n) is 34.0. The minimum Gasteiger partial charge on any atom is -0.201 e. The summed E-state index contributed by atoms with van der Waals surface area (Å²) in [7, 11) is 8.46. The molecule has 0 fully saturated rings. The number of para-hydroxylation sites is 1. The fraction of sp³-hybridized carbons (Fsp3) is 0.287. The quantitative estimate of drug-likeness (QED) is 0.156. The van der Waals surface area contributed by atoms with Crippen molar-refractivity contribution in [3.8, 4) is 56.2 Å². The molecule has 12 aromatic rings. The van der Waals surface area contributed by atoms with Crippen molar-refractivity contribution in [1.82, 2.24) is 0 Å². The van der Waals surface area contributed by atoms with E-state index in [0.29, 0.717) is 0 Å². The first-order chi connectivity index (χ1) is 44.5. The van der Waals surface area contributed by atoms with E-state index in [1.54, 1.807) is 0 Å². The zero-order chi connectivity index (χ0) is 68.0. The predicted molar refractivity (Wildman–Crippen MR) is 403 cm³/mol. The largest absolute Gasteiger partial charge is 0.220 e. The second-order valence-corrected chi connectivity index (χ2v) is 19.9. The van der Waals surface area contributed by atoms with Gasteiger partial charge in [-0.3, -0.25) is 0 Å². The van der Waals surface area contributed by atoms with E-state index in [9.17, 15) is 0 Å². The van der Waals surface area contributed by atoms with Gasteiger partial charge in [-0.05, 0) is 138 Å². The van der Waals surface area contributed by atoms with Crippen molar-refractivity contribution in [2.24, 2.45) is 28.2 Å². The second-order valence-electron chi connectivity index (χ2n) is 19.9. The smallest absolute Gasteiger partial charge is 0.201 e. The third-order valence-corrected chi connectivity index (χ3v) is 14.9. The molecule has 0 atom stereocenters. The molecule has 4 nitrogen and oxygen atoms in total.